The minimum atomic E-state index is -0.990. The van der Waals surface area contributed by atoms with Crippen LogP contribution in [-0.4, -0.2) is 24.2 Å². The lowest BCUT2D eigenvalue weighted by Crippen LogP contribution is -2.29. The zero-order valence-electron chi connectivity index (χ0n) is 9.80. The van der Waals surface area contributed by atoms with E-state index in [4.69, 9.17) is 10.8 Å². The highest BCUT2D eigenvalue weighted by molar-refractivity contribution is 5.75. The van der Waals surface area contributed by atoms with Gasteiger partial charge in [-0.15, -0.1) is 0 Å². The molecule has 0 spiro atoms. The number of nitrogens with zero attached hydrogens (tertiary/aromatic N) is 1. The van der Waals surface area contributed by atoms with Gasteiger partial charge in [-0.3, -0.25) is 4.79 Å². The molecule has 1 heterocycles. The van der Waals surface area contributed by atoms with Gasteiger partial charge in [-0.05, 0) is 37.0 Å². The Bertz CT molecular complexity index is 383. The number of carboxylic acids is 1. The third-order valence-electron chi connectivity index (χ3n) is 3.24. The Morgan fingerprint density at radius 1 is 1.18 bits per heavy atom. The van der Waals surface area contributed by atoms with Gasteiger partial charge in [-0.2, -0.15) is 0 Å². The van der Waals surface area contributed by atoms with E-state index in [9.17, 15) is 4.79 Å². The van der Waals surface area contributed by atoms with Gasteiger partial charge in [-0.25, -0.2) is 0 Å². The first-order chi connectivity index (χ1) is 8.18. The van der Waals surface area contributed by atoms with E-state index in [-0.39, 0.29) is 0 Å². The van der Waals surface area contributed by atoms with Gasteiger partial charge >= 0.3 is 5.97 Å². The second-order valence-corrected chi connectivity index (χ2v) is 4.46. The Balaban J connectivity index is 2.09. The molecule has 2 rings (SSSR count). The van der Waals surface area contributed by atoms with E-state index < -0.39 is 12.0 Å². The van der Waals surface area contributed by atoms with E-state index in [1.54, 1.807) is 0 Å². The molecule has 1 aromatic rings. The number of rotatable bonds is 3. The van der Waals surface area contributed by atoms with Crippen LogP contribution in [0.4, 0.5) is 5.69 Å². The van der Waals surface area contributed by atoms with Crippen LogP contribution in [-0.2, 0) is 4.79 Å². The third kappa shape index (κ3) is 2.77. The fourth-order valence-corrected chi connectivity index (χ4v) is 2.19. The molecule has 0 radical (unpaired) electrons. The van der Waals surface area contributed by atoms with Crippen LogP contribution in [0.5, 0.6) is 0 Å². The predicted octanol–water partition coefficient (Wildman–Crippen LogP) is 1.76. The van der Waals surface area contributed by atoms with Crippen LogP contribution in [0.25, 0.3) is 0 Å². The van der Waals surface area contributed by atoms with Gasteiger partial charge < -0.3 is 15.7 Å². The highest BCUT2D eigenvalue weighted by Gasteiger charge is 2.15. The first-order valence-electron chi connectivity index (χ1n) is 6.02. The molecule has 0 aliphatic carbocycles. The molecule has 0 amide bonds. The lowest BCUT2D eigenvalue weighted by atomic mass is 10.1. The summed E-state index contributed by atoms with van der Waals surface area (Å²) in [5.41, 5.74) is 7.36. The smallest absolute Gasteiger partial charge is 0.325 e. The fraction of sp³-hybridized carbons (Fsp3) is 0.462. The maximum Gasteiger partial charge on any atom is 0.325 e. The van der Waals surface area contributed by atoms with Crippen molar-refractivity contribution in [2.24, 2.45) is 5.73 Å². The maximum atomic E-state index is 10.8. The summed E-state index contributed by atoms with van der Waals surface area (Å²) in [6.07, 6.45) is 3.77. The Labute approximate surface area is 101 Å². The second-order valence-electron chi connectivity index (χ2n) is 4.46. The van der Waals surface area contributed by atoms with Gasteiger partial charge in [0.25, 0.3) is 0 Å². The summed E-state index contributed by atoms with van der Waals surface area (Å²) in [4.78, 5) is 13.1. The van der Waals surface area contributed by atoms with E-state index in [0.717, 1.165) is 18.8 Å². The SMILES string of the molecule is NC(C(=O)O)c1ccc(N2CCCCC2)cc1. The number of anilines is 1. The van der Waals surface area contributed by atoms with Gasteiger partial charge in [-0.1, -0.05) is 12.1 Å². The maximum absolute atomic E-state index is 10.8. The Morgan fingerprint density at radius 2 is 1.76 bits per heavy atom. The molecule has 1 saturated heterocycles. The van der Waals surface area contributed by atoms with Crippen molar-refractivity contribution in [3.05, 3.63) is 29.8 Å². The summed E-state index contributed by atoms with van der Waals surface area (Å²) in [5, 5.41) is 8.82. The first-order valence-corrected chi connectivity index (χ1v) is 6.02. The van der Waals surface area contributed by atoms with Gasteiger partial charge in [0.05, 0.1) is 0 Å². The molecule has 1 aliphatic heterocycles. The number of benzene rings is 1. The Hall–Kier alpha value is -1.55. The molecule has 92 valence electrons. The topological polar surface area (TPSA) is 66.6 Å². The van der Waals surface area contributed by atoms with Crippen molar-refractivity contribution in [2.75, 3.05) is 18.0 Å². The van der Waals surface area contributed by atoms with Crippen LogP contribution in [0.3, 0.4) is 0 Å². The first kappa shape index (κ1) is 11.9. The zero-order valence-corrected chi connectivity index (χ0v) is 9.80. The average Bonchev–Trinajstić information content (AvgIpc) is 2.39. The van der Waals surface area contributed by atoms with Crippen molar-refractivity contribution >= 4 is 11.7 Å². The van der Waals surface area contributed by atoms with Crippen molar-refractivity contribution in [1.29, 1.82) is 0 Å². The summed E-state index contributed by atoms with van der Waals surface area (Å²) in [5.74, 6) is -0.990. The van der Waals surface area contributed by atoms with Crippen LogP contribution < -0.4 is 10.6 Å². The standard InChI is InChI=1S/C13H18N2O2/c14-12(13(16)17)10-4-6-11(7-5-10)15-8-2-1-3-9-15/h4-7,12H,1-3,8-9,14H2,(H,16,17). The monoisotopic (exact) mass is 234 g/mol. The molecule has 1 atom stereocenters. The van der Waals surface area contributed by atoms with Crippen LogP contribution in [0.15, 0.2) is 24.3 Å². The van der Waals surface area contributed by atoms with Gasteiger partial charge in [0.2, 0.25) is 0 Å². The number of carbonyl (C=O) groups is 1. The predicted molar refractivity (Wildman–Crippen MR) is 67.1 cm³/mol. The molecule has 0 bridgehead atoms. The largest absolute Gasteiger partial charge is 0.480 e. The number of aliphatic carboxylic acids is 1. The minimum absolute atomic E-state index is 0.651. The van der Waals surface area contributed by atoms with E-state index in [1.807, 2.05) is 24.3 Å². The fourth-order valence-electron chi connectivity index (χ4n) is 2.19. The number of carboxylic acid groups (broad SMARTS) is 1. The van der Waals surface area contributed by atoms with Crippen molar-refractivity contribution in [3.8, 4) is 0 Å². The molecular weight excluding hydrogens is 216 g/mol. The highest BCUT2D eigenvalue weighted by Crippen LogP contribution is 2.21. The highest BCUT2D eigenvalue weighted by atomic mass is 16.4. The molecule has 17 heavy (non-hydrogen) atoms. The van der Waals surface area contributed by atoms with Gasteiger partial charge in [0, 0.05) is 18.8 Å². The lowest BCUT2D eigenvalue weighted by molar-refractivity contribution is -0.138. The minimum Gasteiger partial charge on any atom is -0.480 e. The van der Waals surface area contributed by atoms with E-state index in [2.05, 4.69) is 4.90 Å². The molecule has 4 heteroatoms. The molecule has 1 aliphatic rings. The molecule has 0 saturated carbocycles. The van der Waals surface area contributed by atoms with E-state index in [0.29, 0.717) is 5.56 Å². The van der Waals surface area contributed by atoms with Crippen molar-refractivity contribution in [1.82, 2.24) is 0 Å². The van der Waals surface area contributed by atoms with Crippen molar-refractivity contribution in [2.45, 2.75) is 25.3 Å². The number of piperidine rings is 1. The average molecular weight is 234 g/mol. The summed E-state index contributed by atoms with van der Waals surface area (Å²) in [6.45, 7) is 2.18. The number of hydrogen-bond acceptors (Lipinski definition) is 3. The number of hydrogen-bond donors (Lipinski definition) is 2. The van der Waals surface area contributed by atoms with E-state index >= 15 is 0 Å². The number of nitrogens with two attached hydrogens (primary N) is 1. The zero-order chi connectivity index (χ0) is 12.3. The summed E-state index contributed by atoms with van der Waals surface area (Å²) >= 11 is 0. The third-order valence-corrected chi connectivity index (χ3v) is 3.24. The van der Waals surface area contributed by atoms with Crippen molar-refractivity contribution in [3.63, 3.8) is 0 Å². The summed E-state index contributed by atoms with van der Waals surface area (Å²) in [7, 11) is 0. The van der Waals surface area contributed by atoms with Gasteiger partial charge in [0.1, 0.15) is 6.04 Å². The van der Waals surface area contributed by atoms with E-state index in [1.165, 1.54) is 19.3 Å². The Kier molecular flexibility index (Phi) is 3.64. The molecule has 4 nitrogen and oxygen atoms in total. The van der Waals surface area contributed by atoms with Crippen LogP contribution >= 0.6 is 0 Å². The molecule has 0 aromatic heterocycles. The molecular formula is C13H18N2O2. The molecule has 1 unspecified atom stereocenters. The molecule has 3 N–H and O–H groups in total. The molecule has 1 fully saturated rings. The van der Waals surface area contributed by atoms with Crippen molar-refractivity contribution < 1.29 is 9.90 Å². The normalized spacial score (nSPS) is 17.8. The molecule has 1 aromatic carbocycles. The quantitative estimate of drug-likeness (QED) is 0.836. The summed E-state index contributed by atoms with van der Waals surface area (Å²) < 4.78 is 0. The van der Waals surface area contributed by atoms with Crippen LogP contribution in [0, 0.1) is 0 Å². The Morgan fingerprint density at radius 3 is 2.29 bits per heavy atom. The lowest BCUT2D eigenvalue weighted by Gasteiger charge is -2.29. The summed E-state index contributed by atoms with van der Waals surface area (Å²) in [6, 6.07) is 6.61. The second kappa shape index (κ2) is 5.19. The van der Waals surface area contributed by atoms with Gasteiger partial charge in [0.15, 0.2) is 0 Å². The van der Waals surface area contributed by atoms with Crippen LogP contribution in [0.1, 0.15) is 30.9 Å². The van der Waals surface area contributed by atoms with Crippen LogP contribution in [0.2, 0.25) is 0 Å².